The Labute approximate surface area is 103 Å². The third kappa shape index (κ3) is 19.5. The summed E-state index contributed by atoms with van der Waals surface area (Å²) in [6.07, 6.45) is 5.97. The Morgan fingerprint density at radius 3 is 1.88 bits per heavy atom. The minimum atomic E-state index is 0.355. The molecule has 16 heavy (non-hydrogen) atoms. The van der Waals surface area contributed by atoms with E-state index in [2.05, 4.69) is 39.6 Å². The molecule has 0 aliphatic carbocycles. The van der Waals surface area contributed by atoms with Crippen LogP contribution in [0.5, 0.6) is 0 Å². The van der Waals surface area contributed by atoms with Crippen LogP contribution < -0.4 is 0 Å². The first-order chi connectivity index (χ1) is 7.58. The molecular weight excluding hydrogens is 198 g/mol. The summed E-state index contributed by atoms with van der Waals surface area (Å²) in [5, 5.41) is 8.20. The summed E-state index contributed by atoms with van der Waals surface area (Å²) in [4.78, 5) is 2.41. The van der Waals surface area contributed by atoms with Crippen LogP contribution in [0.2, 0.25) is 0 Å². The predicted molar refractivity (Wildman–Crippen MR) is 73.9 cm³/mol. The van der Waals surface area contributed by atoms with Crippen LogP contribution in [0.1, 0.15) is 59.8 Å². The molecule has 0 saturated heterocycles. The second-order valence-corrected chi connectivity index (χ2v) is 4.94. The van der Waals surface area contributed by atoms with Gasteiger partial charge in [-0.25, -0.2) is 0 Å². The third-order valence-electron chi connectivity index (χ3n) is 2.33. The zero-order valence-corrected chi connectivity index (χ0v) is 12.1. The lowest BCUT2D eigenvalue weighted by Gasteiger charge is -2.17. The van der Waals surface area contributed by atoms with Crippen molar-refractivity contribution in [2.24, 2.45) is 5.92 Å². The molecule has 0 atom stereocenters. The highest BCUT2D eigenvalue weighted by atomic mass is 16.2. The molecule has 0 amide bonds. The van der Waals surface area contributed by atoms with Crippen molar-refractivity contribution in [2.75, 3.05) is 26.7 Å². The second-order valence-electron chi connectivity index (χ2n) is 4.94. The quantitative estimate of drug-likeness (QED) is 0.646. The molecule has 0 spiro atoms. The highest BCUT2D eigenvalue weighted by Gasteiger charge is 1.99. The van der Waals surface area contributed by atoms with Gasteiger partial charge in [0, 0.05) is 13.2 Å². The molecule has 0 unspecified atom stereocenters. The number of nitrogens with zero attached hydrogens (tertiary/aromatic N) is 1. The Morgan fingerprint density at radius 2 is 1.56 bits per heavy atom. The van der Waals surface area contributed by atoms with Crippen molar-refractivity contribution >= 4 is 0 Å². The lowest BCUT2D eigenvalue weighted by Crippen LogP contribution is -2.24. The monoisotopic (exact) mass is 231 g/mol. The maximum absolute atomic E-state index is 8.20. The molecule has 0 aromatic carbocycles. The summed E-state index contributed by atoms with van der Waals surface area (Å²) in [5.41, 5.74) is 0. The normalized spacial score (nSPS) is 10.5. The minimum Gasteiger partial charge on any atom is -0.396 e. The molecule has 0 bridgehead atoms. The van der Waals surface area contributed by atoms with E-state index in [1.165, 1.54) is 32.4 Å². The fourth-order valence-electron chi connectivity index (χ4n) is 1.50. The number of hydrogen-bond acceptors (Lipinski definition) is 2. The fraction of sp³-hybridized carbons (Fsp3) is 1.00. The van der Waals surface area contributed by atoms with E-state index in [9.17, 15) is 0 Å². The van der Waals surface area contributed by atoms with Gasteiger partial charge in [0.05, 0.1) is 0 Å². The third-order valence-corrected chi connectivity index (χ3v) is 2.33. The molecule has 0 aromatic rings. The first-order valence-electron chi connectivity index (χ1n) is 6.87. The van der Waals surface area contributed by atoms with E-state index in [-0.39, 0.29) is 0 Å². The van der Waals surface area contributed by atoms with Crippen LogP contribution in [0.15, 0.2) is 0 Å². The average molecular weight is 231 g/mol. The van der Waals surface area contributed by atoms with E-state index >= 15 is 0 Å². The number of aliphatic hydroxyl groups excluding tert-OH is 1. The molecule has 2 heteroatoms. The van der Waals surface area contributed by atoms with Crippen LogP contribution in [0.4, 0.5) is 0 Å². The van der Waals surface area contributed by atoms with E-state index in [0.29, 0.717) is 6.61 Å². The fourth-order valence-corrected chi connectivity index (χ4v) is 1.50. The van der Waals surface area contributed by atoms with Crippen molar-refractivity contribution in [3.8, 4) is 0 Å². The molecule has 0 aliphatic rings. The molecule has 0 aromatic heterocycles. The highest BCUT2D eigenvalue weighted by molar-refractivity contribution is 4.53. The van der Waals surface area contributed by atoms with Crippen molar-refractivity contribution in [3.05, 3.63) is 0 Å². The Hall–Kier alpha value is -0.0800. The second kappa shape index (κ2) is 14.9. The lowest BCUT2D eigenvalue weighted by molar-refractivity contribution is 0.284. The Balaban J connectivity index is 0. The minimum absolute atomic E-state index is 0.355. The Kier molecular flexibility index (Phi) is 17.1. The Morgan fingerprint density at radius 1 is 1.00 bits per heavy atom. The summed E-state index contributed by atoms with van der Waals surface area (Å²) >= 11 is 0. The summed E-state index contributed by atoms with van der Waals surface area (Å²) in [7, 11) is 2.20. The summed E-state index contributed by atoms with van der Waals surface area (Å²) in [6.45, 7) is 11.7. The summed E-state index contributed by atoms with van der Waals surface area (Å²) in [6, 6.07) is 0. The number of hydrogen-bond donors (Lipinski definition) is 1. The van der Waals surface area contributed by atoms with Crippen LogP contribution >= 0.6 is 0 Å². The molecule has 1 N–H and O–H groups in total. The molecular formula is C14H33NO. The molecule has 0 heterocycles. The van der Waals surface area contributed by atoms with E-state index in [4.69, 9.17) is 5.11 Å². The van der Waals surface area contributed by atoms with Gasteiger partial charge in [-0.2, -0.15) is 0 Å². The number of rotatable bonds is 8. The molecule has 100 valence electrons. The van der Waals surface area contributed by atoms with Crippen molar-refractivity contribution in [1.82, 2.24) is 4.90 Å². The maximum atomic E-state index is 8.20. The molecule has 0 radical (unpaired) electrons. The largest absolute Gasteiger partial charge is 0.396 e. The van der Waals surface area contributed by atoms with E-state index in [1.54, 1.807) is 0 Å². The topological polar surface area (TPSA) is 23.5 Å². The first-order valence-corrected chi connectivity index (χ1v) is 6.87. The van der Waals surface area contributed by atoms with Crippen LogP contribution in [0, 0.1) is 5.92 Å². The van der Waals surface area contributed by atoms with E-state index < -0.39 is 0 Å². The molecule has 0 rings (SSSR count). The van der Waals surface area contributed by atoms with E-state index in [0.717, 1.165) is 18.8 Å². The molecule has 2 nitrogen and oxygen atoms in total. The van der Waals surface area contributed by atoms with Gasteiger partial charge >= 0.3 is 0 Å². The molecule has 0 aliphatic heterocycles. The molecule has 0 fully saturated rings. The van der Waals surface area contributed by atoms with Crippen molar-refractivity contribution in [1.29, 1.82) is 0 Å². The smallest absolute Gasteiger partial charge is 0.0431 e. The van der Waals surface area contributed by atoms with Gasteiger partial charge in [-0.1, -0.05) is 47.0 Å². The van der Waals surface area contributed by atoms with Gasteiger partial charge in [0.1, 0.15) is 0 Å². The highest BCUT2D eigenvalue weighted by Crippen LogP contribution is 1.97. The van der Waals surface area contributed by atoms with Crippen molar-refractivity contribution in [3.63, 3.8) is 0 Å². The van der Waals surface area contributed by atoms with Crippen LogP contribution in [0.25, 0.3) is 0 Å². The molecule has 0 saturated carbocycles. The van der Waals surface area contributed by atoms with Gasteiger partial charge in [0.25, 0.3) is 0 Å². The van der Waals surface area contributed by atoms with Crippen molar-refractivity contribution < 1.29 is 5.11 Å². The maximum Gasteiger partial charge on any atom is 0.0431 e. The van der Waals surface area contributed by atoms with Crippen molar-refractivity contribution in [2.45, 2.75) is 59.8 Å². The van der Waals surface area contributed by atoms with Gasteiger partial charge in [0.2, 0.25) is 0 Å². The van der Waals surface area contributed by atoms with Crippen LogP contribution in [-0.4, -0.2) is 36.8 Å². The predicted octanol–water partition coefficient (Wildman–Crippen LogP) is 3.54. The van der Waals surface area contributed by atoms with Gasteiger partial charge in [0.15, 0.2) is 0 Å². The SMILES string of the molecule is CCCCCO.CCCCN(C)CC(C)C. The standard InChI is InChI=1S/C9H21N.C5H12O/c1-5-6-7-10(4)8-9(2)3;1-2-3-4-5-6/h9H,5-8H2,1-4H3;6H,2-5H2,1H3. The first kappa shape index (κ1) is 18.3. The van der Waals surface area contributed by atoms with Crippen LogP contribution in [-0.2, 0) is 0 Å². The summed E-state index contributed by atoms with van der Waals surface area (Å²) < 4.78 is 0. The van der Waals surface area contributed by atoms with Gasteiger partial charge < -0.3 is 10.0 Å². The van der Waals surface area contributed by atoms with E-state index in [1.807, 2.05) is 0 Å². The number of aliphatic hydroxyl groups is 1. The van der Waals surface area contributed by atoms with Crippen LogP contribution in [0.3, 0.4) is 0 Å². The zero-order chi connectivity index (χ0) is 12.8. The van der Waals surface area contributed by atoms with Gasteiger partial charge in [-0.15, -0.1) is 0 Å². The van der Waals surface area contributed by atoms with Gasteiger partial charge in [-0.3, -0.25) is 0 Å². The zero-order valence-electron chi connectivity index (χ0n) is 12.1. The lowest BCUT2D eigenvalue weighted by atomic mass is 10.2. The summed E-state index contributed by atoms with van der Waals surface area (Å²) in [5.74, 6) is 0.807. The Bertz CT molecular complexity index is 111. The average Bonchev–Trinajstić information content (AvgIpc) is 2.23. The van der Waals surface area contributed by atoms with Gasteiger partial charge in [-0.05, 0) is 32.4 Å². The number of unbranched alkanes of at least 4 members (excludes halogenated alkanes) is 3.